The van der Waals surface area contributed by atoms with Gasteiger partial charge in [-0.1, -0.05) is 33.6 Å². The largest absolute Gasteiger partial charge is 0.480 e. The van der Waals surface area contributed by atoms with Crippen LogP contribution in [0.15, 0.2) is 16.6 Å². The molecule has 1 spiro atoms. The summed E-state index contributed by atoms with van der Waals surface area (Å²) in [6.07, 6.45) is 3.60. The highest BCUT2D eigenvalue weighted by atomic mass is 79.9. The van der Waals surface area contributed by atoms with Gasteiger partial charge in [0, 0.05) is 15.5 Å². The summed E-state index contributed by atoms with van der Waals surface area (Å²) in [4.78, 5) is 11.3. The Morgan fingerprint density at radius 2 is 1.95 bits per heavy atom. The van der Waals surface area contributed by atoms with Gasteiger partial charge in [0.25, 0.3) is 0 Å². The summed E-state index contributed by atoms with van der Waals surface area (Å²) in [6.45, 7) is 0. The van der Waals surface area contributed by atoms with Crippen LogP contribution in [0.2, 0.25) is 5.02 Å². The number of rotatable bonds is 1. The van der Waals surface area contributed by atoms with Gasteiger partial charge in [0.2, 0.25) is 0 Å². The molecule has 0 heterocycles. The van der Waals surface area contributed by atoms with E-state index < -0.39 is 17.3 Å². The normalized spacial score (nSPS) is 31.1. The van der Waals surface area contributed by atoms with Crippen molar-refractivity contribution in [3.8, 4) is 0 Å². The van der Waals surface area contributed by atoms with Crippen molar-refractivity contribution in [2.24, 2.45) is 5.73 Å². The van der Waals surface area contributed by atoms with Crippen molar-refractivity contribution in [2.45, 2.75) is 36.6 Å². The highest BCUT2D eigenvalue weighted by molar-refractivity contribution is 9.11. The molecule has 0 aromatic heterocycles. The zero-order valence-electron chi connectivity index (χ0n) is 11.1. The molecule has 112 valence electrons. The number of hydrogen-bond acceptors (Lipinski definition) is 2. The molecule has 0 amide bonds. The van der Waals surface area contributed by atoms with Gasteiger partial charge in [0.1, 0.15) is 11.4 Å². The van der Waals surface area contributed by atoms with E-state index >= 15 is 0 Å². The first-order chi connectivity index (χ1) is 9.80. The van der Waals surface area contributed by atoms with E-state index in [1.165, 1.54) is 0 Å². The predicted molar refractivity (Wildman–Crippen MR) is 83.0 cm³/mol. The van der Waals surface area contributed by atoms with E-state index in [-0.39, 0.29) is 10.4 Å². The van der Waals surface area contributed by atoms with Crippen LogP contribution in [0, 0.1) is 5.82 Å². The summed E-state index contributed by atoms with van der Waals surface area (Å²) in [5, 5.41) is 9.34. The maximum absolute atomic E-state index is 14.2. The second-order valence-corrected chi connectivity index (χ2v) is 7.12. The number of carbonyl (C=O) groups is 1. The average Bonchev–Trinajstić information content (AvgIpc) is 2.71. The SMILES string of the molecule is NC1(C(=O)O)CCC2(CC1)C(Br)=Cc1c2ccc(Cl)c1F. The average molecular weight is 375 g/mol. The molecule has 1 aromatic carbocycles. The van der Waals surface area contributed by atoms with Crippen molar-refractivity contribution in [2.75, 3.05) is 0 Å². The van der Waals surface area contributed by atoms with Crippen LogP contribution in [-0.2, 0) is 10.2 Å². The molecule has 1 fully saturated rings. The van der Waals surface area contributed by atoms with Gasteiger partial charge in [-0.25, -0.2) is 4.39 Å². The lowest BCUT2D eigenvalue weighted by Crippen LogP contribution is -2.53. The molecular weight excluding hydrogens is 361 g/mol. The molecule has 3 N–H and O–H groups in total. The number of aliphatic carboxylic acids is 1. The van der Waals surface area contributed by atoms with Crippen molar-refractivity contribution in [3.05, 3.63) is 38.6 Å². The first-order valence-corrected chi connectivity index (χ1v) is 7.86. The minimum atomic E-state index is -1.19. The summed E-state index contributed by atoms with van der Waals surface area (Å²) < 4.78 is 15.1. The Morgan fingerprint density at radius 3 is 2.52 bits per heavy atom. The minimum absolute atomic E-state index is 0.0943. The number of halogens is 3. The third-order valence-corrected chi connectivity index (χ3v) is 6.08. The number of hydrogen-bond donors (Lipinski definition) is 2. The quantitative estimate of drug-likeness (QED) is 0.785. The maximum atomic E-state index is 14.2. The number of fused-ring (bicyclic) bond motifs is 2. The van der Waals surface area contributed by atoms with E-state index in [1.807, 2.05) is 6.07 Å². The van der Waals surface area contributed by atoms with Crippen molar-refractivity contribution in [3.63, 3.8) is 0 Å². The van der Waals surface area contributed by atoms with Crippen molar-refractivity contribution in [1.29, 1.82) is 0 Å². The molecular formula is C15H14BrClFNO2. The third-order valence-electron chi connectivity index (χ3n) is 4.80. The van der Waals surface area contributed by atoms with Crippen molar-refractivity contribution >= 4 is 39.6 Å². The predicted octanol–water partition coefficient (Wildman–Crippen LogP) is 3.82. The topological polar surface area (TPSA) is 63.3 Å². The first-order valence-electron chi connectivity index (χ1n) is 6.69. The number of benzene rings is 1. The molecule has 3 nitrogen and oxygen atoms in total. The third kappa shape index (κ3) is 2.05. The van der Waals surface area contributed by atoms with Crippen LogP contribution >= 0.6 is 27.5 Å². The Bertz CT molecular complexity index is 666. The standard InChI is InChI=1S/C15H14BrClFNO2/c16-11-7-8-9(1-2-10(17)12(8)18)14(11)3-5-15(19,6-4-14)13(20)21/h1-2,7H,3-6,19H2,(H,20,21). The molecule has 0 atom stereocenters. The van der Waals surface area contributed by atoms with Crippen LogP contribution in [0.3, 0.4) is 0 Å². The molecule has 21 heavy (non-hydrogen) atoms. The molecule has 0 bridgehead atoms. The lowest BCUT2D eigenvalue weighted by molar-refractivity contribution is -0.145. The van der Waals surface area contributed by atoms with Gasteiger partial charge in [-0.3, -0.25) is 4.79 Å². The van der Waals surface area contributed by atoms with Gasteiger partial charge < -0.3 is 10.8 Å². The van der Waals surface area contributed by atoms with Crippen molar-refractivity contribution < 1.29 is 14.3 Å². The molecule has 3 rings (SSSR count). The molecule has 2 aliphatic rings. The van der Waals surface area contributed by atoms with Crippen LogP contribution in [0.4, 0.5) is 4.39 Å². The van der Waals surface area contributed by atoms with E-state index in [0.717, 1.165) is 10.0 Å². The fraction of sp³-hybridized carbons (Fsp3) is 0.400. The van der Waals surface area contributed by atoms with Crippen LogP contribution in [0.5, 0.6) is 0 Å². The molecule has 0 aliphatic heterocycles. The molecule has 1 aromatic rings. The minimum Gasteiger partial charge on any atom is -0.480 e. The van der Waals surface area contributed by atoms with E-state index in [9.17, 15) is 14.3 Å². The second-order valence-electron chi connectivity index (χ2n) is 5.86. The van der Waals surface area contributed by atoms with Crippen LogP contribution in [0.1, 0.15) is 36.8 Å². The lowest BCUT2D eigenvalue weighted by Gasteiger charge is -2.42. The zero-order valence-corrected chi connectivity index (χ0v) is 13.5. The Labute approximate surface area is 135 Å². The molecule has 0 saturated heterocycles. The summed E-state index contributed by atoms with van der Waals surface area (Å²) in [5.74, 6) is -1.40. The fourth-order valence-corrected chi connectivity index (χ4v) is 4.37. The van der Waals surface area contributed by atoms with Gasteiger partial charge >= 0.3 is 5.97 Å². The maximum Gasteiger partial charge on any atom is 0.323 e. The zero-order chi connectivity index (χ0) is 15.4. The summed E-state index contributed by atoms with van der Waals surface area (Å²) >= 11 is 9.37. The Balaban J connectivity index is 2.02. The summed E-state index contributed by atoms with van der Waals surface area (Å²) in [7, 11) is 0. The Hall–Kier alpha value is -0.910. The smallest absolute Gasteiger partial charge is 0.323 e. The van der Waals surface area contributed by atoms with Gasteiger partial charge in [0.15, 0.2) is 0 Å². The highest BCUT2D eigenvalue weighted by Gasteiger charge is 2.49. The van der Waals surface area contributed by atoms with Gasteiger partial charge in [-0.15, -0.1) is 0 Å². The van der Waals surface area contributed by atoms with Crippen LogP contribution in [-0.4, -0.2) is 16.6 Å². The number of carboxylic acid groups (broad SMARTS) is 1. The second kappa shape index (κ2) is 4.80. The molecule has 0 radical (unpaired) electrons. The van der Waals surface area contributed by atoms with Crippen molar-refractivity contribution in [1.82, 2.24) is 0 Å². The lowest BCUT2D eigenvalue weighted by atomic mass is 9.65. The van der Waals surface area contributed by atoms with E-state index in [4.69, 9.17) is 17.3 Å². The summed E-state index contributed by atoms with van der Waals surface area (Å²) in [6, 6.07) is 3.38. The number of carboxylic acids is 1. The monoisotopic (exact) mass is 373 g/mol. The summed E-state index contributed by atoms with van der Waals surface area (Å²) in [5.41, 5.74) is 5.74. The fourth-order valence-electron chi connectivity index (χ4n) is 3.36. The van der Waals surface area contributed by atoms with Gasteiger partial charge in [-0.2, -0.15) is 0 Å². The molecule has 1 saturated carbocycles. The Morgan fingerprint density at radius 1 is 1.33 bits per heavy atom. The molecule has 2 aliphatic carbocycles. The van der Waals surface area contributed by atoms with Crippen LogP contribution in [0.25, 0.3) is 6.08 Å². The molecule has 6 heteroatoms. The Kier molecular flexibility index (Phi) is 3.43. The van der Waals surface area contributed by atoms with E-state index in [0.29, 0.717) is 31.2 Å². The van der Waals surface area contributed by atoms with E-state index in [2.05, 4.69) is 15.9 Å². The van der Waals surface area contributed by atoms with Crippen LogP contribution < -0.4 is 5.73 Å². The molecule has 0 unspecified atom stereocenters. The van der Waals surface area contributed by atoms with Gasteiger partial charge in [0.05, 0.1) is 5.02 Å². The highest BCUT2D eigenvalue weighted by Crippen LogP contribution is 2.55. The number of nitrogens with two attached hydrogens (primary N) is 1. The van der Waals surface area contributed by atoms with E-state index in [1.54, 1.807) is 12.1 Å². The number of allylic oxidation sites excluding steroid dienone is 1. The van der Waals surface area contributed by atoms with Gasteiger partial charge in [-0.05, 0) is 43.4 Å². The first kappa shape index (κ1) is 15.0.